The Labute approximate surface area is 118 Å². The summed E-state index contributed by atoms with van der Waals surface area (Å²) in [5.41, 5.74) is 1.88. The van der Waals surface area contributed by atoms with Gasteiger partial charge in [-0.3, -0.25) is 4.79 Å². The van der Waals surface area contributed by atoms with Crippen LogP contribution < -0.4 is 0 Å². The van der Waals surface area contributed by atoms with Crippen LogP contribution in [0.1, 0.15) is 33.6 Å². The van der Waals surface area contributed by atoms with Gasteiger partial charge in [0.05, 0.1) is 0 Å². The first-order valence-electron chi connectivity index (χ1n) is 6.84. The van der Waals surface area contributed by atoms with Gasteiger partial charge in [-0.05, 0) is 43.4 Å². The highest BCUT2D eigenvalue weighted by molar-refractivity contribution is 6.21. The van der Waals surface area contributed by atoms with Crippen LogP contribution in [0, 0.1) is 5.92 Å². The Morgan fingerprint density at radius 2 is 2.20 bits per heavy atom. The van der Waals surface area contributed by atoms with Crippen molar-refractivity contribution < 1.29 is 19.2 Å². The van der Waals surface area contributed by atoms with E-state index >= 15 is 0 Å². The number of hydrogen-bond acceptors (Lipinski definition) is 5. The quantitative estimate of drug-likeness (QED) is 0.450. The normalized spacial score (nSPS) is 24.9. The minimum absolute atomic E-state index is 0.0121. The molecule has 1 aliphatic carbocycles. The molecule has 0 aromatic heterocycles. The molecule has 1 aliphatic heterocycles. The molecule has 0 saturated carbocycles. The van der Waals surface area contributed by atoms with Crippen LogP contribution >= 0.6 is 0 Å². The van der Waals surface area contributed by atoms with Gasteiger partial charge in [-0.1, -0.05) is 19.0 Å². The molecule has 0 spiro atoms. The topological polar surface area (TPSA) is 65.0 Å². The van der Waals surface area contributed by atoms with E-state index in [4.69, 9.17) is 9.57 Å². The molecule has 1 fully saturated rings. The van der Waals surface area contributed by atoms with Gasteiger partial charge in [0, 0.05) is 12.2 Å². The van der Waals surface area contributed by atoms with Crippen LogP contribution in [0.25, 0.3) is 0 Å². The van der Waals surface area contributed by atoms with Crippen LogP contribution in [0.3, 0.4) is 0 Å². The highest BCUT2D eigenvalue weighted by atomic mass is 16.7. The van der Waals surface area contributed by atoms with Crippen molar-refractivity contribution in [1.29, 1.82) is 0 Å². The molecule has 1 unspecified atom stereocenters. The van der Waals surface area contributed by atoms with E-state index in [2.05, 4.69) is 5.16 Å². The number of carbonyl (C=O) groups excluding carboxylic acids is 2. The highest BCUT2D eigenvalue weighted by Gasteiger charge is 2.26. The first kappa shape index (κ1) is 14.7. The van der Waals surface area contributed by atoms with E-state index in [0.717, 1.165) is 6.42 Å². The molecule has 0 N–H and O–H groups in total. The van der Waals surface area contributed by atoms with E-state index in [0.29, 0.717) is 29.9 Å². The van der Waals surface area contributed by atoms with Crippen LogP contribution in [0.15, 0.2) is 28.5 Å². The Bertz CT molecular complexity index is 508. The third-order valence-electron chi connectivity index (χ3n) is 3.38. The Hall–Kier alpha value is -1.75. The van der Waals surface area contributed by atoms with Gasteiger partial charge in [0.2, 0.25) is 0 Å². The molecule has 1 heterocycles. The summed E-state index contributed by atoms with van der Waals surface area (Å²) in [6, 6.07) is 0. The lowest BCUT2D eigenvalue weighted by atomic mass is 9.90. The van der Waals surface area contributed by atoms with Crippen molar-refractivity contribution in [3.05, 3.63) is 23.3 Å². The maximum absolute atomic E-state index is 11.8. The van der Waals surface area contributed by atoms with Gasteiger partial charge >= 0.3 is 5.97 Å². The largest absolute Gasteiger partial charge is 0.366 e. The van der Waals surface area contributed by atoms with Gasteiger partial charge in [0.25, 0.3) is 0 Å². The summed E-state index contributed by atoms with van der Waals surface area (Å²) in [5.74, 6) is -0.382. The van der Waals surface area contributed by atoms with E-state index in [9.17, 15) is 9.59 Å². The molecule has 5 nitrogen and oxygen atoms in total. The molecule has 2 rings (SSSR count). The molecule has 0 aromatic rings. The fraction of sp³-hybridized carbons (Fsp3) is 0.533. The molecule has 0 amide bonds. The van der Waals surface area contributed by atoms with E-state index < -0.39 is 12.1 Å². The van der Waals surface area contributed by atoms with E-state index in [-0.39, 0.29) is 11.7 Å². The van der Waals surface area contributed by atoms with Crippen molar-refractivity contribution in [3.8, 4) is 0 Å². The van der Waals surface area contributed by atoms with Gasteiger partial charge in [-0.2, -0.15) is 0 Å². The second-order valence-corrected chi connectivity index (χ2v) is 5.33. The zero-order valence-electron chi connectivity index (χ0n) is 12.0. The third-order valence-corrected chi connectivity index (χ3v) is 3.38. The van der Waals surface area contributed by atoms with Crippen LogP contribution in [-0.4, -0.2) is 30.2 Å². The predicted octanol–water partition coefficient (Wildman–Crippen LogP) is 2.18. The Morgan fingerprint density at radius 1 is 1.45 bits per heavy atom. The van der Waals surface area contributed by atoms with Crippen molar-refractivity contribution in [2.75, 3.05) is 6.61 Å². The average molecular weight is 277 g/mol. The zero-order chi connectivity index (χ0) is 14.7. The van der Waals surface area contributed by atoms with E-state index in [1.54, 1.807) is 13.0 Å². The maximum atomic E-state index is 11.8. The first-order valence-corrected chi connectivity index (χ1v) is 6.84. The third kappa shape index (κ3) is 3.22. The van der Waals surface area contributed by atoms with Crippen molar-refractivity contribution in [1.82, 2.24) is 0 Å². The number of ether oxygens (including phenoxy) is 1. The number of nitrogens with zero attached hydrogens (tertiary/aromatic N) is 1. The molecule has 1 atom stereocenters. The molecule has 0 aromatic carbocycles. The Kier molecular flexibility index (Phi) is 4.49. The molecular weight excluding hydrogens is 258 g/mol. The number of allylic oxidation sites excluding steroid dienone is 4. The van der Waals surface area contributed by atoms with Gasteiger partial charge < -0.3 is 9.57 Å². The van der Waals surface area contributed by atoms with Crippen molar-refractivity contribution in [2.24, 2.45) is 11.1 Å². The zero-order valence-corrected chi connectivity index (χ0v) is 12.0. The summed E-state index contributed by atoms with van der Waals surface area (Å²) in [4.78, 5) is 28.5. The molecule has 0 bridgehead atoms. The van der Waals surface area contributed by atoms with Crippen LogP contribution in [-0.2, 0) is 19.2 Å². The van der Waals surface area contributed by atoms with Crippen LogP contribution in [0.4, 0.5) is 0 Å². The van der Waals surface area contributed by atoms with Gasteiger partial charge in [0.15, 0.2) is 11.9 Å². The summed E-state index contributed by atoms with van der Waals surface area (Å²) >= 11 is 0. The number of ketones is 1. The second kappa shape index (κ2) is 6.13. The standard InChI is InChI=1S/C15H19NO4/c1-9(2)11-8-12(10(3)7-13(11)17)16-20-15(18)14-5-4-6-19-14/h7-9,14H,4-6H2,1-3H3/b16-12+. The monoisotopic (exact) mass is 277 g/mol. The predicted molar refractivity (Wildman–Crippen MR) is 74.2 cm³/mol. The van der Waals surface area contributed by atoms with Crippen LogP contribution in [0.5, 0.6) is 0 Å². The minimum atomic E-state index is -0.512. The number of carbonyl (C=O) groups is 2. The molecule has 0 radical (unpaired) electrons. The lowest BCUT2D eigenvalue weighted by Crippen LogP contribution is -2.21. The second-order valence-electron chi connectivity index (χ2n) is 5.33. The fourth-order valence-electron chi connectivity index (χ4n) is 2.15. The van der Waals surface area contributed by atoms with Gasteiger partial charge in [0.1, 0.15) is 5.71 Å². The van der Waals surface area contributed by atoms with Crippen molar-refractivity contribution in [3.63, 3.8) is 0 Å². The van der Waals surface area contributed by atoms with E-state index in [1.807, 2.05) is 13.8 Å². The molecule has 1 saturated heterocycles. The molecule has 5 heteroatoms. The smallest absolute Gasteiger partial charge is 0.363 e. The highest BCUT2D eigenvalue weighted by Crippen LogP contribution is 2.20. The Balaban J connectivity index is 2.09. The summed E-state index contributed by atoms with van der Waals surface area (Å²) in [5, 5.41) is 3.87. The SMILES string of the molecule is CC1=CC(=O)C(C(C)C)=C/C1=N\OC(=O)C1CCCO1. The van der Waals surface area contributed by atoms with Crippen LogP contribution in [0.2, 0.25) is 0 Å². The maximum Gasteiger partial charge on any atom is 0.363 e. The van der Waals surface area contributed by atoms with Gasteiger partial charge in [-0.15, -0.1) is 0 Å². The lowest BCUT2D eigenvalue weighted by Gasteiger charge is -2.14. The summed E-state index contributed by atoms with van der Waals surface area (Å²) in [6.45, 7) is 6.23. The fourth-order valence-corrected chi connectivity index (χ4v) is 2.15. The molecular formula is C15H19NO4. The van der Waals surface area contributed by atoms with E-state index in [1.165, 1.54) is 6.08 Å². The molecule has 2 aliphatic rings. The lowest BCUT2D eigenvalue weighted by molar-refractivity contribution is -0.154. The summed E-state index contributed by atoms with van der Waals surface area (Å²) in [7, 11) is 0. The van der Waals surface area contributed by atoms with Crippen molar-refractivity contribution >= 4 is 17.5 Å². The first-order chi connectivity index (χ1) is 9.49. The molecule has 108 valence electrons. The number of rotatable bonds is 3. The van der Waals surface area contributed by atoms with Crippen molar-refractivity contribution in [2.45, 2.75) is 39.7 Å². The summed E-state index contributed by atoms with van der Waals surface area (Å²) < 4.78 is 5.23. The minimum Gasteiger partial charge on any atom is -0.366 e. The summed E-state index contributed by atoms with van der Waals surface area (Å²) in [6.07, 6.45) is 4.23. The number of hydrogen-bond donors (Lipinski definition) is 0. The van der Waals surface area contributed by atoms with Gasteiger partial charge in [-0.25, -0.2) is 4.79 Å². The average Bonchev–Trinajstić information content (AvgIpc) is 2.90. The molecule has 20 heavy (non-hydrogen) atoms. The number of oxime groups is 1. The Morgan fingerprint density at radius 3 is 2.80 bits per heavy atom.